The molecule has 1 amide bonds. The van der Waals surface area contributed by atoms with E-state index >= 15 is 0 Å². The van der Waals surface area contributed by atoms with E-state index in [1.54, 1.807) is 24.2 Å². The molecule has 1 aromatic heterocycles. The van der Waals surface area contributed by atoms with Crippen molar-refractivity contribution in [2.75, 3.05) is 50.8 Å². The number of benzene rings is 1. The number of piperazine rings is 1. The number of nitrogens with one attached hydrogen (secondary N) is 1. The number of esters is 1. The molecule has 0 spiro atoms. The number of rotatable bonds is 10. The van der Waals surface area contributed by atoms with Crippen LogP contribution in [0.3, 0.4) is 0 Å². The van der Waals surface area contributed by atoms with Crippen molar-refractivity contribution in [2.45, 2.75) is 31.7 Å². The molecule has 3 aliphatic heterocycles. The van der Waals surface area contributed by atoms with Crippen molar-refractivity contribution in [3.05, 3.63) is 59.9 Å². The summed E-state index contributed by atoms with van der Waals surface area (Å²) < 4.78 is 10.7. The number of hydroxylamine groups is 1. The Bertz CT molecular complexity index is 1230. The average molecular weight is 553 g/mol. The summed E-state index contributed by atoms with van der Waals surface area (Å²) in [5.41, 5.74) is 5.24. The number of carbonyl (C=O) groups excluding carboxylic acids is 2. The summed E-state index contributed by atoms with van der Waals surface area (Å²) in [4.78, 5) is 56.1. The highest BCUT2D eigenvalue weighted by Gasteiger charge is 2.36. The molecule has 2 N–H and O–H groups in total. The third-order valence-corrected chi connectivity index (χ3v) is 7.05. The van der Waals surface area contributed by atoms with Gasteiger partial charge in [0, 0.05) is 61.9 Å². The number of ether oxygens (including phenoxy) is 2. The molecule has 13 nitrogen and oxygen atoms in total. The lowest BCUT2D eigenvalue weighted by Crippen LogP contribution is -2.54. The van der Waals surface area contributed by atoms with E-state index in [1.165, 1.54) is 0 Å². The van der Waals surface area contributed by atoms with E-state index in [0.717, 1.165) is 16.8 Å². The van der Waals surface area contributed by atoms with Crippen LogP contribution in [0.5, 0.6) is 0 Å². The van der Waals surface area contributed by atoms with E-state index in [-0.39, 0.29) is 19.1 Å². The number of aromatic nitrogens is 1. The van der Waals surface area contributed by atoms with Crippen molar-refractivity contribution in [1.82, 2.24) is 20.3 Å². The molecule has 3 aliphatic rings. The molecule has 3 atom stereocenters. The topological polar surface area (TPSA) is 146 Å². The normalized spacial score (nSPS) is 22.4. The summed E-state index contributed by atoms with van der Waals surface area (Å²) in [7, 11) is 0. The molecule has 0 saturated carbocycles. The van der Waals surface area contributed by atoms with E-state index in [4.69, 9.17) is 14.3 Å². The molecule has 3 unspecified atom stereocenters. The molecule has 40 heavy (non-hydrogen) atoms. The van der Waals surface area contributed by atoms with Crippen molar-refractivity contribution in [2.24, 2.45) is 4.99 Å². The largest absolute Gasteiger partial charge is 0.481 e. The second kappa shape index (κ2) is 12.4. The lowest BCUT2D eigenvalue weighted by atomic mass is 10.1. The average Bonchev–Trinajstić information content (AvgIpc) is 3.60. The molecular weight excluding hydrogens is 520 g/mol. The molecule has 1 aromatic carbocycles. The van der Waals surface area contributed by atoms with E-state index in [1.807, 2.05) is 41.3 Å². The molecule has 13 heteroatoms. The molecule has 0 radical (unpaired) electrons. The summed E-state index contributed by atoms with van der Waals surface area (Å²) in [6, 6.07) is 10.3. The van der Waals surface area contributed by atoms with Gasteiger partial charge in [0.1, 0.15) is 12.1 Å². The zero-order valence-electron chi connectivity index (χ0n) is 22.1. The molecule has 0 bridgehead atoms. The second-order valence-corrected chi connectivity index (χ2v) is 9.70. The number of pyridine rings is 1. The Morgan fingerprint density at radius 3 is 2.62 bits per heavy atom. The van der Waals surface area contributed by atoms with Gasteiger partial charge in [-0.1, -0.05) is 6.07 Å². The van der Waals surface area contributed by atoms with Crippen LogP contribution < -0.4 is 10.4 Å². The Hall–Kier alpha value is -4.07. The van der Waals surface area contributed by atoms with E-state index in [0.29, 0.717) is 45.1 Å². The maximum absolute atomic E-state index is 12.7. The van der Waals surface area contributed by atoms with Gasteiger partial charge in [-0.2, -0.15) is 0 Å². The van der Waals surface area contributed by atoms with Crippen LogP contribution in [0.4, 0.5) is 10.5 Å². The van der Waals surface area contributed by atoms with Gasteiger partial charge in [0.25, 0.3) is 0 Å². The summed E-state index contributed by atoms with van der Waals surface area (Å²) in [6.45, 7) is 5.14. The minimum Gasteiger partial charge on any atom is -0.481 e. The summed E-state index contributed by atoms with van der Waals surface area (Å²) in [6.07, 6.45) is 1.90. The van der Waals surface area contributed by atoms with Crippen LogP contribution in [0.15, 0.2) is 53.8 Å². The highest BCUT2D eigenvalue weighted by Crippen LogP contribution is 2.26. The number of aliphatic imine (C=N–C) groups is 1. The number of anilines is 1. The van der Waals surface area contributed by atoms with Gasteiger partial charge < -0.3 is 14.6 Å². The van der Waals surface area contributed by atoms with Gasteiger partial charge in [-0.05, 0) is 37.3 Å². The van der Waals surface area contributed by atoms with Crippen LogP contribution in [0.1, 0.15) is 30.7 Å². The first kappa shape index (κ1) is 27.5. The Morgan fingerprint density at radius 2 is 1.95 bits per heavy atom. The highest BCUT2D eigenvalue weighted by molar-refractivity contribution is 5.99. The van der Waals surface area contributed by atoms with Gasteiger partial charge in [-0.3, -0.25) is 29.3 Å². The predicted molar refractivity (Wildman–Crippen MR) is 142 cm³/mol. The number of hydrogen-bond donors (Lipinski definition) is 2. The van der Waals surface area contributed by atoms with E-state index < -0.39 is 30.3 Å². The SMILES string of the molecule is CCOC(=O)C(CC(=O)O)N1CCN(CC2CN(c3ccc(C4=NC(c5cccnc5)ON4)cc3)C(=O)O2)CC1. The number of cyclic esters (lactones) is 1. The van der Waals surface area contributed by atoms with Crippen molar-refractivity contribution >= 4 is 29.6 Å². The maximum Gasteiger partial charge on any atom is 0.414 e. The Kier molecular flexibility index (Phi) is 8.53. The number of amides is 1. The molecule has 4 heterocycles. The maximum atomic E-state index is 12.7. The van der Waals surface area contributed by atoms with Crippen LogP contribution in [0, 0.1) is 0 Å². The number of carboxylic acids is 1. The summed E-state index contributed by atoms with van der Waals surface area (Å²) in [5.74, 6) is -0.961. The number of aliphatic carboxylic acids is 1. The molecule has 212 valence electrons. The van der Waals surface area contributed by atoms with Crippen LogP contribution in [0.2, 0.25) is 0 Å². The van der Waals surface area contributed by atoms with Crippen molar-refractivity contribution in [1.29, 1.82) is 0 Å². The van der Waals surface area contributed by atoms with Crippen molar-refractivity contribution in [3.8, 4) is 0 Å². The van der Waals surface area contributed by atoms with Gasteiger partial charge in [0.05, 0.1) is 19.6 Å². The Morgan fingerprint density at radius 1 is 1.18 bits per heavy atom. The van der Waals surface area contributed by atoms with Crippen molar-refractivity contribution in [3.63, 3.8) is 0 Å². The standard InChI is InChI=1S/C27H32N6O7/c1-2-38-26(36)22(14-23(34)35)32-12-10-31(11-13-32)16-21-17-33(27(37)39-21)20-7-5-18(6-8-20)24-29-25(40-30-24)19-4-3-9-28-15-19/h3-9,15,21-22,25H,2,10-14,16-17H2,1H3,(H,29,30)(H,34,35). The zero-order chi connectivity index (χ0) is 28.1. The van der Waals surface area contributed by atoms with Crippen LogP contribution in [-0.4, -0.2) is 102 Å². The highest BCUT2D eigenvalue weighted by atomic mass is 16.7. The van der Waals surface area contributed by atoms with Gasteiger partial charge in [0.2, 0.25) is 6.23 Å². The quantitative estimate of drug-likeness (QED) is 0.413. The van der Waals surface area contributed by atoms with Crippen molar-refractivity contribution < 1.29 is 33.8 Å². The van der Waals surface area contributed by atoms with Gasteiger partial charge in [-0.15, -0.1) is 0 Å². The first-order chi connectivity index (χ1) is 19.4. The Balaban J connectivity index is 1.13. The number of carboxylic acid groups (broad SMARTS) is 1. The molecule has 2 saturated heterocycles. The lowest BCUT2D eigenvalue weighted by molar-refractivity contribution is -0.155. The Labute approximate surface area is 231 Å². The monoisotopic (exact) mass is 552 g/mol. The van der Waals surface area contributed by atoms with Gasteiger partial charge >= 0.3 is 18.0 Å². The fraction of sp³-hybridized carbons (Fsp3) is 0.444. The number of carbonyl (C=O) groups is 3. The number of nitrogens with zero attached hydrogens (tertiary/aromatic N) is 5. The van der Waals surface area contributed by atoms with Gasteiger partial charge in [-0.25, -0.2) is 20.1 Å². The van der Waals surface area contributed by atoms with Crippen LogP contribution in [0.25, 0.3) is 0 Å². The first-order valence-corrected chi connectivity index (χ1v) is 13.2. The third kappa shape index (κ3) is 6.38. The smallest absolute Gasteiger partial charge is 0.414 e. The van der Waals surface area contributed by atoms with E-state index in [9.17, 15) is 19.5 Å². The summed E-state index contributed by atoms with van der Waals surface area (Å²) >= 11 is 0. The number of hydrogen-bond acceptors (Lipinski definition) is 11. The van der Waals surface area contributed by atoms with Gasteiger partial charge in [0.15, 0.2) is 5.84 Å². The zero-order valence-corrected chi connectivity index (χ0v) is 22.1. The summed E-state index contributed by atoms with van der Waals surface area (Å²) in [5, 5.41) is 9.23. The molecule has 5 rings (SSSR count). The molecular formula is C27H32N6O7. The minimum absolute atomic E-state index is 0.202. The fourth-order valence-corrected chi connectivity index (χ4v) is 5.02. The van der Waals surface area contributed by atoms with E-state index in [2.05, 4.69) is 20.4 Å². The lowest BCUT2D eigenvalue weighted by Gasteiger charge is -2.38. The third-order valence-electron chi connectivity index (χ3n) is 7.05. The first-order valence-electron chi connectivity index (χ1n) is 13.2. The van der Waals surface area contributed by atoms with Crippen LogP contribution >= 0.6 is 0 Å². The predicted octanol–water partition coefficient (Wildman–Crippen LogP) is 1.41. The molecule has 2 aromatic rings. The fourth-order valence-electron chi connectivity index (χ4n) is 5.02. The second-order valence-electron chi connectivity index (χ2n) is 9.70. The van der Waals surface area contributed by atoms with Crippen LogP contribution in [-0.2, 0) is 23.9 Å². The minimum atomic E-state index is -1.04. The molecule has 2 fully saturated rings. The number of amidine groups is 1. The molecule has 0 aliphatic carbocycles.